The zero-order valence-electron chi connectivity index (χ0n) is 10.9. The van der Waals surface area contributed by atoms with Gasteiger partial charge in [-0.15, -0.1) is 0 Å². The van der Waals surface area contributed by atoms with E-state index < -0.39 is 5.97 Å². The van der Waals surface area contributed by atoms with Gasteiger partial charge in [-0.2, -0.15) is 0 Å². The smallest absolute Gasteiger partial charge is 0.307 e. The summed E-state index contributed by atoms with van der Waals surface area (Å²) in [5.41, 5.74) is 3.56. The van der Waals surface area contributed by atoms with Crippen molar-refractivity contribution in [3.8, 4) is 11.3 Å². The minimum Gasteiger partial charge on any atom is -0.481 e. The van der Waals surface area contributed by atoms with Crippen LogP contribution in [0, 0.1) is 6.92 Å². The topological polar surface area (TPSA) is 67.5 Å². The van der Waals surface area contributed by atoms with Crippen molar-refractivity contribution in [3.05, 3.63) is 54.0 Å². The second kappa shape index (κ2) is 4.77. The highest BCUT2D eigenvalue weighted by atomic mass is 16.4. The lowest BCUT2D eigenvalue weighted by Crippen LogP contribution is -2.00. The first-order valence-electron chi connectivity index (χ1n) is 6.25. The Kier molecular flexibility index (Phi) is 2.95. The zero-order valence-corrected chi connectivity index (χ0v) is 10.9. The number of benzene rings is 1. The summed E-state index contributed by atoms with van der Waals surface area (Å²) in [6.45, 7) is 1.98. The molecule has 0 spiro atoms. The van der Waals surface area contributed by atoms with E-state index in [4.69, 9.17) is 5.11 Å². The fraction of sp³-hybridized carbons (Fsp3) is 0.133. The first kappa shape index (κ1) is 12.3. The van der Waals surface area contributed by atoms with Gasteiger partial charge in [0.25, 0.3) is 0 Å². The third kappa shape index (κ3) is 2.25. The molecule has 0 amide bonds. The van der Waals surface area contributed by atoms with E-state index in [1.807, 2.05) is 48.0 Å². The van der Waals surface area contributed by atoms with E-state index in [1.165, 1.54) is 0 Å². The van der Waals surface area contributed by atoms with Gasteiger partial charge in [-0.3, -0.25) is 9.20 Å². The van der Waals surface area contributed by atoms with Crippen LogP contribution < -0.4 is 0 Å². The molecule has 0 aliphatic rings. The zero-order chi connectivity index (χ0) is 14.1. The number of carboxylic acid groups (broad SMARTS) is 1. The maximum Gasteiger partial charge on any atom is 0.307 e. The van der Waals surface area contributed by atoms with Crippen LogP contribution in [0.15, 0.2) is 42.9 Å². The Balaban J connectivity index is 2.10. The van der Waals surface area contributed by atoms with Crippen LogP contribution in [-0.4, -0.2) is 25.4 Å². The molecule has 2 aromatic heterocycles. The van der Waals surface area contributed by atoms with Crippen LogP contribution >= 0.6 is 0 Å². The van der Waals surface area contributed by atoms with Crippen molar-refractivity contribution >= 4 is 11.7 Å². The monoisotopic (exact) mass is 267 g/mol. The fourth-order valence-corrected chi connectivity index (χ4v) is 2.19. The average molecular weight is 267 g/mol. The van der Waals surface area contributed by atoms with E-state index in [0.29, 0.717) is 5.78 Å². The Morgan fingerprint density at radius 3 is 3.00 bits per heavy atom. The number of aromatic nitrogens is 3. The summed E-state index contributed by atoms with van der Waals surface area (Å²) in [5.74, 6) is -0.206. The second-order valence-corrected chi connectivity index (χ2v) is 4.67. The highest BCUT2D eigenvalue weighted by Crippen LogP contribution is 2.24. The average Bonchev–Trinajstić information content (AvgIpc) is 2.84. The van der Waals surface area contributed by atoms with Crippen molar-refractivity contribution in [2.75, 3.05) is 0 Å². The first-order valence-corrected chi connectivity index (χ1v) is 6.25. The molecule has 0 fully saturated rings. The minimum absolute atomic E-state index is 0.0128. The maximum absolute atomic E-state index is 10.8. The van der Waals surface area contributed by atoms with Crippen LogP contribution in [-0.2, 0) is 11.2 Å². The molecule has 20 heavy (non-hydrogen) atoms. The lowest BCUT2D eigenvalue weighted by atomic mass is 10.0. The molecule has 2 heterocycles. The van der Waals surface area contributed by atoms with E-state index in [9.17, 15) is 4.79 Å². The Morgan fingerprint density at radius 2 is 2.25 bits per heavy atom. The molecule has 1 N–H and O–H groups in total. The van der Waals surface area contributed by atoms with Gasteiger partial charge < -0.3 is 5.11 Å². The molecule has 0 atom stereocenters. The van der Waals surface area contributed by atoms with E-state index in [0.717, 1.165) is 22.4 Å². The van der Waals surface area contributed by atoms with Crippen LogP contribution in [0.2, 0.25) is 0 Å². The van der Waals surface area contributed by atoms with Crippen LogP contribution in [0.4, 0.5) is 0 Å². The minimum atomic E-state index is -0.837. The van der Waals surface area contributed by atoms with Crippen LogP contribution in [0.5, 0.6) is 0 Å². The van der Waals surface area contributed by atoms with Gasteiger partial charge in [0.2, 0.25) is 5.78 Å². The number of fused-ring (bicyclic) bond motifs is 1. The van der Waals surface area contributed by atoms with E-state index >= 15 is 0 Å². The molecule has 5 heteroatoms. The Hall–Kier alpha value is -2.69. The van der Waals surface area contributed by atoms with Gasteiger partial charge in [0.15, 0.2) is 0 Å². The van der Waals surface area contributed by atoms with E-state index in [-0.39, 0.29) is 6.42 Å². The summed E-state index contributed by atoms with van der Waals surface area (Å²) < 4.78 is 1.85. The van der Waals surface area contributed by atoms with Crippen LogP contribution in [0.25, 0.3) is 17.0 Å². The van der Waals surface area contributed by atoms with Gasteiger partial charge in [-0.05, 0) is 30.2 Å². The third-order valence-electron chi connectivity index (χ3n) is 3.17. The molecular formula is C15H13N3O2. The molecule has 3 aromatic rings. The van der Waals surface area contributed by atoms with Gasteiger partial charge >= 0.3 is 5.97 Å². The summed E-state index contributed by atoms with van der Waals surface area (Å²) in [4.78, 5) is 19.5. The molecule has 0 radical (unpaired) electrons. The number of imidazole rings is 1. The normalized spacial score (nSPS) is 10.8. The Morgan fingerprint density at radius 1 is 1.40 bits per heavy atom. The summed E-state index contributed by atoms with van der Waals surface area (Å²) in [5, 5.41) is 8.88. The molecule has 0 saturated carbocycles. The summed E-state index contributed by atoms with van der Waals surface area (Å²) in [7, 11) is 0. The number of hydrogen-bond acceptors (Lipinski definition) is 3. The van der Waals surface area contributed by atoms with E-state index in [2.05, 4.69) is 9.97 Å². The van der Waals surface area contributed by atoms with Crippen molar-refractivity contribution < 1.29 is 9.90 Å². The highest BCUT2D eigenvalue weighted by Gasteiger charge is 2.10. The van der Waals surface area contributed by atoms with Gasteiger partial charge in [0, 0.05) is 24.2 Å². The molecule has 3 rings (SSSR count). The molecule has 0 bridgehead atoms. The van der Waals surface area contributed by atoms with Crippen LogP contribution in [0.1, 0.15) is 11.1 Å². The van der Waals surface area contributed by atoms with Gasteiger partial charge in [-0.25, -0.2) is 9.97 Å². The maximum atomic E-state index is 10.8. The van der Waals surface area contributed by atoms with Crippen molar-refractivity contribution in [2.45, 2.75) is 13.3 Å². The molecule has 0 aliphatic carbocycles. The SMILES string of the molecule is Cc1ccc(CC(=O)O)cc1-c1cn2cccnc2n1. The highest BCUT2D eigenvalue weighted by molar-refractivity contribution is 5.72. The predicted molar refractivity (Wildman–Crippen MR) is 74.5 cm³/mol. The van der Waals surface area contributed by atoms with Crippen molar-refractivity contribution in [1.82, 2.24) is 14.4 Å². The lowest BCUT2D eigenvalue weighted by molar-refractivity contribution is -0.136. The summed E-state index contributed by atoms with van der Waals surface area (Å²) in [6.07, 6.45) is 5.49. The summed E-state index contributed by atoms with van der Waals surface area (Å²) in [6, 6.07) is 7.48. The largest absolute Gasteiger partial charge is 0.481 e. The molecule has 5 nitrogen and oxygen atoms in total. The fourth-order valence-electron chi connectivity index (χ4n) is 2.19. The standard InChI is InChI=1S/C15H13N3O2/c1-10-3-4-11(8-14(19)20)7-12(10)13-9-18-6-2-5-16-15(18)17-13/h2-7,9H,8H2,1H3,(H,19,20). The number of nitrogens with zero attached hydrogens (tertiary/aromatic N) is 3. The number of hydrogen-bond donors (Lipinski definition) is 1. The van der Waals surface area contributed by atoms with E-state index in [1.54, 1.807) is 6.20 Å². The Labute approximate surface area is 115 Å². The lowest BCUT2D eigenvalue weighted by Gasteiger charge is -2.05. The summed E-state index contributed by atoms with van der Waals surface area (Å²) >= 11 is 0. The third-order valence-corrected chi connectivity index (χ3v) is 3.17. The number of carboxylic acids is 1. The number of rotatable bonds is 3. The molecule has 0 unspecified atom stereocenters. The molecule has 1 aromatic carbocycles. The molecule has 0 aliphatic heterocycles. The van der Waals surface area contributed by atoms with Gasteiger partial charge in [-0.1, -0.05) is 12.1 Å². The predicted octanol–water partition coefficient (Wildman–Crippen LogP) is 2.33. The first-order chi connectivity index (χ1) is 9.63. The van der Waals surface area contributed by atoms with Gasteiger partial charge in [0.05, 0.1) is 12.1 Å². The van der Waals surface area contributed by atoms with Crippen molar-refractivity contribution in [2.24, 2.45) is 0 Å². The Bertz CT molecular complexity index is 760. The van der Waals surface area contributed by atoms with Crippen molar-refractivity contribution in [1.29, 1.82) is 0 Å². The molecular weight excluding hydrogens is 254 g/mol. The molecule has 100 valence electrons. The van der Waals surface area contributed by atoms with Crippen molar-refractivity contribution in [3.63, 3.8) is 0 Å². The number of carbonyl (C=O) groups is 1. The molecule has 0 saturated heterocycles. The quantitative estimate of drug-likeness (QED) is 0.790. The second-order valence-electron chi connectivity index (χ2n) is 4.67. The van der Waals surface area contributed by atoms with Gasteiger partial charge in [0.1, 0.15) is 0 Å². The van der Waals surface area contributed by atoms with Crippen LogP contribution in [0.3, 0.4) is 0 Å². The number of aliphatic carboxylic acids is 1. The number of aryl methyl sites for hydroxylation is 1.